The van der Waals surface area contributed by atoms with Gasteiger partial charge in [0.25, 0.3) is 0 Å². The number of hydrogen-bond acceptors (Lipinski definition) is 1. The molecule has 0 unspecified atom stereocenters. The Morgan fingerprint density at radius 3 is 2.65 bits per heavy atom. The number of aromatic amines is 1. The number of H-pyrrole nitrogens is 1. The molecule has 0 amide bonds. The minimum Gasteiger partial charge on any atom is -0.359 e. The van der Waals surface area contributed by atoms with E-state index in [0.29, 0.717) is 21.5 Å². The maximum atomic E-state index is 13.4. The molecule has 1 N–H and O–H groups in total. The molecule has 1 heterocycles. The predicted octanol–water partition coefficient (Wildman–Crippen LogP) is 4.84. The van der Waals surface area contributed by atoms with Crippen molar-refractivity contribution in [3.8, 4) is 0 Å². The SMILES string of the molecule is O=C(c1ccc(Cl)c(F)c1)c1c[nH]c2c(Cl)cccc12. The van der Waals surface area contributed by atoms with E-state index in [9.17, 15) is 9.18 Å². The molecule has 0 radical (unpaired) electrons. The summed E-state index contributed by atoms with van der Waals surface area (Å²) in [5, 5.41) is 1.23. The summed E-state index contributed by atoms with van der Waals surface area (Å²) < 4.78 is 13.4. The van der Waals surface area contributed by atoms with Gasteiger partial charge in [-0.2, -0.15) is 0 Å². The number of ketones is 1. The molecule has 0 aliphatic heterocycles. The van der Waals surface area contributed by atoms with Gasteiger partial charge in [0.05, 0.1) is 15.6 Å². The second-order valence-corrected chi connectivity index (χ2v) is 5.14. The van der Waals surface area contributed by atoms with Gasteiger partial charge in [-0.05, 0) is 24.3 Å². The van der Waals surface area contributed by atoms with E-state index in [4.69, 9.17) is 23.2 Å². The van der Waals surface area contributed by atoms with Crippen LogP contribution in [0, 0.1) is 5.82 Å². The highest BCUT2D eigenvalue weighted by molar-refractivity contribution is 6.36. The van der Waals surface area contributed by atoms with Crippen LogP contribution in [0.2, 0.25) is 10.0 Å². The third-order valence-electron chi connectivity index (χ3n) is 3.09. The minimum absolute atomic E-state index is 0.0106. The molecule has 0 spiro atoms. The molecule has 0 aliphatic carbocycles. The van der Waals surface area contributed by atoms with E-state index in [1.165, 1.54) is 12.1 Å². The first-order valence-corrected chi connectivity index (χ1v) is 6.59. The monoisotopic (exact) mass is 307 g/mol. The topological polar surface area (TPSA) is 32.9 Å². The average molecular weight is 308 g/mol. The second kappa shape index (κ2) is 4.93. The fourth-order valence-corrected chi connectivity index (χ4v) is 2.44. The van der Waals surface area contributed by atoms with Gasteiger partial charge in [0.15, 0.2) is 5.78 Å². The van der Waals surface area contributed by atoms with Gasteiger partial charge in [-0.15, -0.1) is 0 Å². The summed E-state index contributed by atoms with van der Waals surface area (Å²) in [6.45, 7) is 0. The van der Waals surface area contributed by atoms with Crippen LogP contribution in [-0.2, 0) is 0 Å². The van der Waals surface area contributed by atoms with Gasteiger partial charge in [-0.25, -0.2) is 4.39 Å². The van der Waals surface area contributed by atoms with Crippen molar-refractivity contribution >= 4 is 39.9 Å². The van der Waals surface area contributed by atoms with Crippen LogP contribution in [0.25, 0.3) is 10.9 Å². The Balaban J connectivity index is 2.13. The Kier molecular flexibility index (Phi) is 3.24. The van der Waals surface area contributed by atoms with Crippen LogP contribution in [0.3, 0.4) is 0 Å². The summed E-state index contributed by atoms with van der Waals surface area (Å²) in [6.07, 6.45) is 1.57. The van der Waals surface area contributed by atoms with Crippen molar-refractivity contribution in [2.24, 2.45) is 0 Å². The first-order valence-electron chi connectivity index (χ1n) is 5.83. The van der Waals surface area contributed by atoms with E-state index >= 15 is 0 Å². The van der Waals surface area contributed by atoms with Gasteiger partial charge >= 0.3 is 0 Å². The number of benzene rings is 2. The van der Waals surface area contributed by atoms with E-state index in [0.717, 1.165) is 6.07 Å². The molecule has 0 atom stereocenters. The number of nitrogens with one attached hydrogen (secondary N) is 1. The zero-order valence-electron chi connectivity index (χ0n) is 10.1. The van der Waals surface area contributed by atoms with Crippen molar-refractivity contribution in [1.29, 1.82) is 0 Å². The first-order chi connectivity index (χ1) is 9.58. The molecule has 3 rings (SSSR count). The van der Waals surface area contributed by atoms with Gasteiger partial charge in [0, 0.05) is 22.7 Å². The fourth-order valence-electron chi connectivity index (χ4n) is 2.10. The third kappa shape index (κ3) is 2.09. The zero-order valence-corrected chi connectivity index (χ0v) is 11.6. The lowest BCUT2D eigenvalue weighted by molar-refractivity contribution is 0.104. The standard InChI is InChI=1S/C15H8Cl2FNO/c16-11-5-4-8(6-13(11)18)15(20)10-7-19-14-9(10)2-1-3-12(14)17/h1-7,19H. The summed E-state index contributed by atoms with van der Waals surface area (Å²) in [6, 6.07) is 9.28. The highest BCUT2D eigenvalue weighted by Crippen LogP contribution is 2.27. The zero-order chi connectivity index (χ0) is 14.3. The van der Waals surface area contributed by atoms with Gasteiger partial charge in [0.1, 0.15) is 5.82 Å². The van der Waals surface area contributed by atoms with Crippen molar-refractivity contribution in [2.75, 3.05) is 0 Å². The van der Waals surface area contributed by atoms with Crippen LogP contribution in [0.4, 0.5) is 4.39 Å². The van der Waals surface area contributed by atoms with E-state index in [1.54, 1.807) is 24.4 Å². The Morgan fingerprint density at radius 2 is 1.90 bits per heavy atom. The van der Waals surface area contributed by atoms with Crippen molar-refractivity contribution in [2.45, 2.75) is 0 Å². The van der Waals surface area contributed by atoms with Gasteiger partial charge in [0.2, 0.25) is 0 Å². The van der Waals surface area contributed by atoms with E-state index in [-0.39, 0.29) is 16.4 Å². The molecule has 0 saturated carbocycles. The molecule has 100 valence electrons. The lowest BCUT2D eigenvalue weighted by atomic mass is 10.0. The Labute approximate surface area is 124 Å². The Hall–Kier alpha value is -1.84. The number of carbonyl (C=O) groups is 1. The molecular formula is C15H8Cl2FNO. The van der Waals surface area contributed by atoms with Crippen LogP contribution in [-0.4, -0.2) is 10.8 Å². The van der Waals surface area contributed by atoms with E-state index in [2.05, 4.69) is 4.98 Å². The van der Waals surface area contributed by atoms with E-state index in [1.807, 2.05) is 0 Å². The quantitative estimate of drug-likeness (QED) is 0.675. The second-order valence-electron chi connectivity index (χ2n) is 4.32. The van der Waals surface area contributed by atoms with Crippen molar-refractivity contribution in [3.63, 3.8) is 0 Å². The van der Waals surface area contributed by atoms with Crippen LogP contribution >= 0.6 is 23.2 Å². The van der Waals surface area contributed by atoms with Crippen molar-refractivity contribution in [1.82, 2.24) is 4.98 Å². The lowest BCUT2D eigenvalue weighted by Crippen LogP contribution is -2.01. The summed E-state index contributed by atoms with van der Waals surface area (Å²) in [5.41, 5.74) is 1.38. The minimum atomic E-state index is -0.615. The highest BCUT2D eigenvalue weighted by Gasteiger charge is 2.16. The number of hydrogen-bond donors (Lipinski definition) is 1. The van der Waals surface area contributed by atoms with Crippen LogP contribution in [0.15, 0.2) is 42.6 Å². The summed E-state index contributed by atoms with van der Waals surface area (Å²) in [5.74, 6) is -0.899. The molecule has 0 bridgehead atoms. The van der Waals surface area contributed by atoms with Crippen molar-refractivity contribution in [3.05, 3.63) is 69.6 Å². The largest absolute Gasteiger partial charge is 0.359 e. The Morgan fingerprint density at radius 1 is 1.10 bits per heavy atom. The summed E-state index contributed by atoms with van der Waals surface area (Å²) in [7, 11) is 0. The molecule has 2 nitrogen and oxygen atoms in total. The molecule has 20 heavy (non-hydrogen) atoms. The number of carbonyl (C=O) groups excluding carboxylic acids is 1. The molecule has 0 aliphatic rings. The van der Waals surface area contributed by atoms with Gasteiger partial charge in [-0.1, -0.05) is 35.3 Å². The highest BCUT2D eigenvalue weighted by atomic mass is 35.5. The third-order valence-corrected chi connectivity index (χ3v) is 3.71. The smallest absolute Gasteiger partial charge is 0.195 e. The first kappa shape index (κ1) is 13.2. The molecule has 3 aromatic rings. The molecule has 5 heteroatoms. The lowest BCUT2D eigenvalue weighted by Gasteiger charge is -2.01. The van der Waals surface area contributed by atoms with Crippen LogP contribution in [0.1, 0.15) is 15.9 Å². The fraction of sp³-hybridized carbons (Fsp3) is 0. The Bertz CT molecular complexity index is 826. The van der Waals surface area contributed by atoms with E-state index < -0.39 is 5.82 Å². The van der Waals surface area contributed by atoms with Gasteiger partial charge in [-0.3, -0.25) is 4.79 Å². The van der Waals surface area contributed by atoms with Crippen LogP contribution < -0.4 is 0 Å². The maximum absolute atomic E-state index is 13.4. The molecule has 2 aromatic carbocycles. The number of aromatic nitrogens is 1. The molecular weight excluding hydrogens is 300 g/mol. The van der Waals surface area contributed by atoms with Gasteiger partial charge < -0.3 is 4.98 Å². The predicted molar refractivity (Wildman–Crippen MR) is 78.2 cm³/mol. The number of rotatable bonds is 2. The molecule has 0 saturated heterocycles. The number of fused-ring (bicyclic) bond motifs is 1. The average Bonchev–Trinajstić information content (AvgIpc) is 2.86. The molecule has 1 aromatic heterocycles. The van der Waals surface area contributed by atoms with Crippen LogP contribution in [0.5, 0.6) is 0 Å². The molecule has 0 fully saturated rings. The summed E-state index contributed by atoms with van der Waals surface area (Å²) in [4.78, 5) is 15.4. The normalized spacial score (nSPS) is 10.9. The number of halogens is 3. The number of para-hydroxylation sites is 1. The van der Waals surface area contributed by atoms with Crippen molar-refractivity contribution < 1.29 is 9.18 Å². The maximum Gasteiger partial charge on any atom is 0.195 e. The summed E-state index contributed by atoms with van der Waals surface area (Å²) >= 11 is 11.7.